The van der Waals surface area contributed by atoms with Gasteiger partial charge < -0.3 is 20.1 Å². The summed E-state index contributed by atoms with van der Waals surface area (Å²) in [6.45, 7) is 1.47. The lowest BCUT2D eigenvalue weighted by atomic mass is 10.1. The van der Waals surface area contributed by atoms with Gasteiger partial charge in [0.1, 0.15) is 18.3 Å². The van der Waals surface area contributed by atoms with Crippen LogP contribution in [0.15, 0.2) is 35.3 Å². The Hall–Kier alpha value is -1.73. The number of ether oxygens (including phenoxy) is 1. The quantitative estimate of drug-likeness (QED) is 0.720. The molecule has 0 radical (unpaired) electrons. The molecular weight excluding hydrogens is 274 g/mol. The molecule has 3 rings (SSSR count). The number of hydrogen-bond acceptors (Lipinski definition) is 5. The molecular formula is C15H17NO5. The third-order valence-electron chi connectivity index (χ3n) is 3.88. The lowest BCUT2D eigenvalue weighted by Gasteiger charge is -2.18. The molecule has 3 N–H and O–H groups in total. The number of rotatable bonds is 2. The maximum absolute atomic E-state index is 12.5. The average Bonchev–Trinajstić information content (AvgIpc) is 2.76. The first-order valence-electron chi connectivity index (χ1n) is 6.77. The van der Waals surface area contributed by atoms with Gasteiger partial charge in [0.2, 0.25) is 0 Å². The van der Waals surface area contributed by atoms with E-state index in [2.05, 4.69) is 0 Å². The van der Waals surface area contributed by atoms with Gasteiger partial charge in [-0.25, -0.2) is 0 Å². The summed E-state index contributed by atoms with van der Waals surface area (Å²) in [6, 6.07) is 7.30. The Morgan fingerprint density at radius 2 is 2.00 bits per heavy atom. The Morgan fingerprint density at radius 1 is 1.24 bits per heavy atom. The van der Waals surface area contributed by atoms with Gasteiger partial charge in [0.05, 0.1) is 6.61 Å². The molecule has 0 amide bonds. The molecule has 21 heavy (non-hydrogen) atoms. The molecule has 1 aliphatic rings. The van der Waals surface area contributed by atoms with E-state index in [1.807, 2.05) is 19.1 Å². The van der Waals surface area contributed by atoms with Gasteiger partial charge in [0.15, 0.2) is 6.23 Å². The maximum atomic E-state index is 12.5. The summed E-state index contributed by atoms with van der Waals surface area (Å²) in [5.41, 5.74) is 0.657. The minimum atomic E-state index is -1.26. The smallest absolute Gasteiger partial charge is 0.260 e. The molecule has 1 fully saturated rings. The Labute approximate surface area is 120 Å². The second-order valence-corrected chi connectivity index (χ2v) is 5.35. The second kappa shape index (κ2) is 5.23. The molecule has 2 aromatic rings. The van der Waals surface area contributed by atoms with Gasteiger partial charge in [-0.15, -0.1) is 0 Å². The highest BCUT2D eigenvalue weighted by Gasteiger charge is 2.43. The van der Waals surface area contributed by atoms with Gasteiger partial charge in [-0.1, -0.05) is 17.7 Å². The molecule has 4 atom stereocenters. The van der Waals surface area contributed by atoms with E-state index < -0.39 is 31.1 Å². The monoisotopic (exact) mass is 291 g/mol. The summed E-state index contributed by atoms with van der Waals surface area (Å²) in [5.74, 6) is 0. The van der Waals surface area contributed by atoms with Crippen LogP contribution in [0.25, 0.3) is 10.8 Å². The van der Waals surface area contributed by atoms with Gasteiger partial charge in [-0.2, -0.15) is 0 Å². The summed E-state index contributed by atoms with van der Waals surface area (Å²) >= 11 is 0. The van der Waals surface area contributed by atoms with Crippen LogP contribution in [-0.4, -0.2) is 44.8 Å². The molecule has 6 heteroatoms. The highest BCUT2D eigenvalue weighted by molar-refractivity contribution is 5.82. The average molecular weight is 291 g/mol. The van der Waals surface area contributed by atoms with Crippen LogP contribution in [0, 0.1) is 6.92 Å². The third kappa shape index (κ3) is 2.26. The number of fused-ring (bicyclic) bond motifs is 1. The van der Waals surface area contributed by atoms with Gasteiger partial charge in [0.25, 0.3) is 5.56 Å². The Morgan fingerprint density at radius 3 is 2.67 bits per heavy atom. The molecule has 0 unspecified atom stereocenters. The van der Waals surface area contributed by atoms with Crippen molar-refractivity contribution >= 4 is 10.8 Å². The minimum absolute atomic E-state index is 0.300. The molecule has 112 valence electrons. The van der Waals surface area contributed by atoms with Crippen molar-refractivity contribution in [2.75, 3.05) is 6.61 Å². The maximum Gasteiger partial charge on any atom is 0.260 e. The van der Waals surface area contributed by atoms with Crippen LogP contribution in [0.4, 0.5) is 0 Å². The minimum Gasteiger partial charge on any atom is -0.394 e. The van der Waals surface area contributed by atoms with E-state index in [-0.39, 0.29) is 5.56 Å². The fraction of sp³-hybridized carbons (Fsp3) is 0.400. The third-order valence-corrected chi connectivity index (χ3v) is 3.88. The lowest BCUT2D eigenvalue weighted by Crippen LogP contribution is -2.35. The number of aliphatic hydroxyl groups is 3. The van der Waals surface area contributed by atoms with Crippen LogP contribution in [0.1, 0.15) is 11.8 Å². The highest BCUT2D eigenvalue weighted by Crippen LogP contribution is 2.28. The summed E-state index contributed by atoms with van der Waals surface area (Å²) in [6.07, 6.45) is -2.86. The first-order valence-corrected chi connectivity index (χ1v) is 6.77. The van der Waals surface area contributed by atoms with Crippen molar-refractivity contribution in [2.45, 2.75) is 31.5 Å². The molecule has 1 saturated heterocycles. The van der Waals surface area contributed by atoms with Crippen LogP contribution in [0.5, 0.6) is 0 Å². The van der Waals surface area contributed by atoms with Gasteiger partial charge in [0, 0.05) is 11.6 Å². The Bertz CT molecular complexity index is 726. The summed E-state index contributed by atoms with van der Waals surface area (Å²) in [7, 11) is 0. The van der Waals surface area contributed by atoms with Crippen LogP contribution < -0.4 is 5.56 Å². The van der Waals surface area contributed by atoms with Gasteiger partial charge in [-0.3, -0.25) is 9.36 Å². The van der Waals surface area contributed by atoms with Crippen molar-refractivity contribution in [3.8, 4) is 0 Å². The Balaban J connectivity index is 2.09. The van der Waals surface area contributed by atoms with Crippen LogP contribution in [0.3, 0.4) is 0 Å². The molecule has 0 bridgehead atoms. The number of aromatic nitrogens is 1. The molecule has 0 aliphatic carbocycles. The molecule has 0 saturated carbocycles. The van der Waals surface area contributed by atoms with Crippen molar-refractivity contribution in [3.63, 3.8) is 0 Å². The molecule has 0 spiro atoms. The fourth-order valence-corrected chi connectivity index (χ4v) is 2.68. The number of hydrogen-bond donors (Lipinski definition) is 3. The van der Waals surface area contributed by atoms with E-state index in [0.29, 0.717) is 5.39 Å². The predicted octanol–water partition coefficient (Wildman–Crippen LogP) is -0.0786. The number of pyridine rings is 1. The SMILES string of the molecule is Cc1ccc2ccn([C@@H]3O[C@H](CO)[C@@H](O)[C@H]3O)c(=O)c2c1. The first-order chi connectivity index (χ1) is 10.0. The summed E-state index contributed by atoms with van der Waals surface area (Å²) in [5, 5.41) is 30.2. The van der Waals surface area contributed by atoms with E-state index in [4.69, 9.17) is 9.84 Å². The van der Waals surface area contributed by atoms with Crippen molar-refractivity contribution in [1.82, 2.24) is 4.57 Å². The van der Waals surface area contributed by atoms with Gasteiger partial charge >= 0.3 is 0 Å². The lowest BCUT2D eigenvalue weighted by molar-refractivity contribution is -0.0541. The van der Waals surface area contributed by atoms with E-state index in [0.717, 1.165) is 10.9 Å². The first kappa shape index (κ1) is 14.2. The van der Waals surface area contributed by atoms with Crippen molar-refractivity contribution in [3.05, 3.63) is 46.4 Å². The van der Waals surface area contributed by atoms with E-state index in [9.17, 15) is 15.0 Å². The summed E-state index contributed by atoms with van der Waals surface area (Å²) < 4.78 is 6.65. The molecule has 1 aromatic carbocycles. The molecule has 1 aromatic heterocycles. The van der Waals surface area contributed by atoms with Crippen LogP contribution in [0.2, 0.25) is 0 Å². The van der Waals surface area contributed by atoms with Crippen LogP contribution in [-0.2, 0) is 4.74 Å². The van der Waals surface area contributed by atoms with E-state index >= 15 is 0 Å². The Kier molecular flexibility index (Phi) is 3.54. The number of aliphatic hydroxyl groups excluding tert-OH is 3. The number of nitrogens with zero attached hydrogens (tertiary/aromatic N) is 1. The predicted molar refractivity (Wildman–Crippen MR) is 76.0 cm³/mol. The zero-order chi connectivity index (χ0) is 15.1. The largest absolute Gasteiger partial charge is 0.394 e. The fourth-order valence-electron chi connectivity index (χ4n) is 2.68. The summed E-state index contributed by atoms with van der Waals surface area (Å²) in [4.78, 5) is 12.5. The van der Waals surface area contributed by atoms with Crippen molar-refractivity contribution in [1.29, 1.82) is 0 Å². The molecule has 6 nitrogen and oxygen atoms in total. The number of aryl methyl sites for hydroxylation is 1. The van der Waals surface area contributed by atoms with Crippen molar-refractivity contribution in [2.24, 2.45) is 0 Å². The van der Waals surface area contributed by atoms with E-state index in [1.54, 1.807) is 12.1 Å². The highest BCUT2D eigenvalue weighted by atomic mass is 16.6. The topological polar surface area (TPSA) is 91.9 Å². The second-order valence-electron chi connectivity index (χ2n) is 5.35. The molecule has 1 aliphatic heterocycles. The van der Waals surface area contributed by atoms with Crippen LogP contribution >= 0.6 is 0 Å². The zero-order valence-electron chi connectivity index (χ0n) is 11.5. The zero-order valence-corrected chi connectivity index (χ0v) is 11.5. The van der Waals surface area contributed by atoms with Gasteiger partial charge in [-0.05, 0) is 24.4 Å². The molecule has 2 heterocycles. The normalized spacial score (nSPS) is 29.1. The van der Waals surface area contributed by atoms with E-state index in [1.165, 1.54) is 10.8 Å². The standard InChI is InChI=1S/C15H17NO5/c1-8-2-3-9-4-5-16(14(20)10(9)6-8)15-13(19)12(18)11(7-17)21-15/h2-6,11-13,15,17-19H,7H2,1H3/t11-,12-,13-,15-/m1/s1. The van der Waals surface area contributed by atoms with Crippen molar-refractivity contribution < 1.29 is 20.1 Å². The number of benzene rings is 1.